The van der Waals surface area contributed by atoms with Crippen LogP contribution in [0.4, 0.5) is 10.1 Å². The monoisotopic (exact) mass is 404 g/mol. The molecule has 0 unspecified atom stereocenters. The first-order chi connectivity index (χ1) is 13.0. The molecule has 0 spiro atoms. The molecule has 0 radical (unpaired) electrons. The van der Waals surface area contributed by atoms with Crippen molar-refractivity contribution < 1.29 is 12.8 Å². The van der Waals surface area contributed by atoms with Gasteiger partial charge in [0.05, 0.1) is 4.90 Å². The Kier molecular flexibility index (Phi) is 4.80. The maximum Gasteiger partial charge on any atom is 0.243 e. The first kappa shape index (κ1) is 18.2. The zero-order valence-corrected chi connectivity index (χ0v) is 16.0. The lowest BCUT2D eigenvalue weighted by Gasteiger charge is -2.35. The van der Waals surface area contributed by atoms with Crippen LogP contribution in [0.5, 0.6) is 0 Å². The van der Waals surface area contributed by atoms with E-state index >= 15 is 0 Å². The molecule has 3 aromatic carbocycles. The van der Waals surface area contributed by atoms with Gasteiger partial charge < -0.3 is 4.90 Å². The number of hydrogen-bond acceptors (Lipinski definition) is 3. The molecular formula is C20H18ClFN2O2S. The van der Waals surface area contributed by atoms with Gasteiger partial charge in [-0.15, -0.1) is 0 Å². The van der Waals surface area contributed by atoms with Crippen molar-refractivity contribution >= 4 is 38.1 Å². The van der Waals surface area contributed by atoms with Crippen molar-refractivity contribution in [3.63, 3.8) is 0 Å². The van der Waals surface area contributed by atoms with E-state index < -0.39 is 10.0 Å². The van der Waals surface area contributed by atoms with E-state index in [0.717, 1.165) is 11.1 Å². The average Bonchev–Trinajstić information content (AvgIpc) is 2.69. The zero-order chi connectivity index (χ0) is 19.0. The summed E-state index contributed by atoms with van der Waals surface area (Å²) < 4.78 is 41.0. The second-order valence-corrected chi connectivity index (χ2v) is 8.77. The molecule has 1 aliphatic rings. The number of benzene rings is 3. The fraction of sp³-hybridized carbons (Fsp3) is 0.200. The number of hydrogen-bond donors (Lipinski definition) is 0. The number of rotatable bonds is 3. The summed E-state index contributed by atoms with van der Waals surface area (Å²) in [5.74, 6) is -0.283. The van der Waals surface area contributed by atoms with Crippen LogP contribution in [0.2, 0.25) is 5.02 Å². The van der Waals surface area contributed by atoms with E-state index in [2.05, 4.69) is 4.90 Å². The van der Waals surface area contributed by atoms with E-state index in [-0.39, 0.29) is 10.7 Å². The summed E-state index contributed by atoms with van der Waals surface area (Å²) in [6.45, 7) is 1.85. The molecule has 4 rings (SSSR count). The number of fused-ring (bicyclic) bond motifs is 1. The molecular weight excluding hydrogens is 387 g/mol. The van der Waals surface area contributed by atoms with Crippen molar-refractivity contribution in [2.45, 2.75) is 4.90 Å². The standard InChI is InChI=1S/C20H18ClFN2O2S/c21-19-9-10-20(18-4-2-1-3-17(18)19)27(25,26)24-13-11-23(12-14-24)16-7-5-15(22)6-8-16/h1-10H,11-14H2. The Labute approximate surface area is 162 Å². The fourth-order valence-electron chi connectivity index (χ4n) is 3.44. The smallest absolute Gasteiger partial charge is 0.243 e. The van der Waals surface area contributed by atoms with Crippen LogP contribution in [0.25, 0.3) is 10.8 Å². The Morgan fingerprint density at radius 3 is 2.11 bits per heavy atom. The van der Waals surface area contributed by atoms with Crippen LogP contribution in [0.1, 0.15) is 0 Å². The predicted octanol–water partition coefficient (Wildman–Crippen LogP) is 4.14. The highest BCUT2D eigenvalue weighted by Gasteiger charge is 2.30. The van der Waals surface area contributed by atoms with E-state index in [1.807, 2.05) is 18.2 Å². The zero-order valence-electron chi connectivity index (χ0n) is 14.5. The maximum atomic E-state index is 13.2. The Balaban J connectivity index is 1.59. The minimum Gasteiger partial charge on any atom is -0.369 e. The Bertz CT molecular complexity index is 1080. The van der Waals surface area contributed by atoms with Crippen molar-refractivity contribution in [3.8, 4) is 0 Å². The number of halogens is 2. The van der Waals surface area contributed by atoms with Gasteiger partial charge in [-0.25, -0.2) is 12.8 Å². The highest BCUT2D eigenvalue weighted by molar-refractivity contribution is 7.89. The summed E-state index contributed by atoms with van der Waals surface area (Å²) in [7, 11) is -3.63. The highest BCUT2D eigenvalue weighted by atomic mass is 35.5. The summed E-state index contributed by atoms with van der Waals surface area (Å²) in [6.07, 6.45) is 0. The lowest BCUT2D eigenvalue weighted by molar-refractivity contribution is 0.385. The Hall–Kier alpha value is -2.15. The van der Waals surface area contributed by atoms with Gasteiger partial charge in [0, 0.05) is 47.7 Å². The summed E-state index contributed by atoms with van der Waals surface area (Å²) in [6, 6.07) is 16.7. The molecule has 1 aliphatic heterocycles. The molecule has 0 N–H and O–H groups in total. The summed E-state index contributed by atoms with van der Waals surface area (Å²) in [4.78, 5) is 2.34. The molecule has 0 atom stereocenters. The van der Waals surface area contributed by atoms with Crippen molar-refractivity contribution in [1.82, 2.24) is 4.31 Å². The molecule has 1 heterocycles. The summed E-state index contributed by atoms with van der Waals surface area (Å²) in [5, 5.41) is 1.89. The van der Waals surface area contributed by atoms with Crippen LogP contribution < -0.4 is 4.90 Å². The summed E-state index contributed by atoms with van der Waals surface area (Å²) in [5.41, 5.74) is 0.894. The third-order valence-electron chi connectivity index (χ3n) is 4.88. The topological polar surface area (TPSA) is 40.6 Å². The van der Waals surface area contributed by atoms with Crippen molar-refractivity contribution in [2.24, 2.45) is 0 Å². The number of sulfonamides is 1. The molecule has 0 saturated carbocycles. The minimum atomic E-state index is -3.63. The van der Waals surface area contributed by atoms with Gasteiger partial charge in [0.1, 0.15) is 5.82 Å². The fourth-order valence-corrected chi connectivity index (χ4v) is 5.28. The van der Waals surface area contributed by atoms with Gasteiger partial charge in [-0.3, -0.25) is 0 Å². The lowest BCUT2D eigenvalue weighted by atomic mass is 10.1. The first-order valence-electron chi connectivity index (χ1n) is 8.65. The molecule has 140 valence electrons. The third-order valence-corrected chi connectivity index (χ3v) is 7.17. The van der Waals surface area contributed by atoms with Crippen LogP contribution in [0, 0.1) is 5.82 Å². The van der Waals surface area contributed by atoms with Gasteiger partial charge in [0.15, 0.2) is 0 Å². The quantitative estimate of drug-likeness (QED) is 0.658. The van der Waals surface area contributed by atoms with Crippen LogP contribution >= 0.6 is 11.6 Å². The molecule has 4 nitrogen and oxygen atoms in total. The van der Waals surface area contributed by atoms with E-state index in [1.165, 1.54) is 16.4 Å². The average molecular weight is 405 g/mol. The van der Waals surface area contributed by atoms with E-state index in [9.17, 15) is 12.8 Å². The van der Waals surface area contributed by atoms with Gasteiger partial charge in [0.25, 0.3) is 0 Å². The summed E-state index contributed by atoms with van der Waals surface area (Å²) >= 11 is 6.22. The highest BCUT2D eigenvalue weighted by Crippen LogP contribution is 2.31. The van der Waals surface area contributed by atoms with Crippen LogP contribution in [-0.2, 0) is 10.0 Å². The molecule has 7 heteroatoms. The molecule has 0 aliphatic carbocycles. The lowest BCUT2D eigenvalue weighted by Crippen LogP contribution is -2.48. The van der Waals surface area contributed by atoms with Crippen molar-refractivity contribution in [2.75, 3.05) is 31.1 Å². The van der Waals surface area contributed by atoms with Crippen molar-refractivity contribution in [3.05, 3.63) is 71.5 Å². The molecule has 1 fully saturated rings. The van der Waals surface area contributed by atoms with Crippen LogP contribution in [-0.4, -0.2) is 38.9 Å². The minimum absolute atomic E-state index is 0.276. The predicted molar refractivity (Wildman–Crippen MR) is 106 cm³/mol. The normalized spacial score (nSPS) is 16.0. The second-order valence-electron chi connectivity index (χ2n) is 6.46. The van der Waals surface area contributed by atoms with Gasteiger partial charge in [0.2, 0.25) is 10.0 Å². The van der Waals surface area contributed by atoms with Crippen LogP contribution in [0.15, 0.2) is 65.6 Å². The van der Waals surface area contributed by atoms with Gasteiger partial charge >= 0.3 is 0 Å². The van der Waals surface area contributed by atoms with Crippen molar-refractivity contribution in [1.29, 1.82) is 0 Å². The Morgan fingerprint density at radius 1 is 0.815 bits per heavy atom. The maximum absolute atomic E-state index is 13.2. The van der Waals surface area contributed by atoms with Gasteiger partial charge in [-0.1, -0.05) is 35.9 Å². The first-order valence-corrected chi connectivity index (χ1v) is 10.5. The van der Waals surface area contributed by atoms with Gasteiger partial charge in [-0.05, 0) is 36.4 Å². The second kappa shape index (κ2) is 7.11. The number of piperazine rings is 1. The molecule has 0 aromatic heterocycles. The van der Waals surface area contributed by atoms with E-state index in [4.69, 9.17) is 11.6 Å². The van der Waals surface area contributed by atoms with Gasteiger partial charge in [-0.2, -0.15) is 4.31 Å². The number of nitrogens with zero attached hydrogens (tertiary/aromatic N) is 2. The molecule has 1 saturated heterocycles. The molecule has 27 heavy (non-hydrogen) atoms. The van der Waals surface area contributed by atoms with Crippen LogP contribution in [0.3, 0.4) is 0 Å². The SMILES string of the molecule is O=S(=O)(c1ccc(Cl)c2ccccc12)N1CCN(c2ccc(F)cc2)CC1. The van der Waals surface area contributed by atoms with E-state index in [0.29, 0.717) is 36.6 Å². The van der Waals surface area contributed by atoms with E-state index in [1.54, 1.807) is 30.3 Å². The third kappa shape index (κ3) is 3.40. The molecule has 3 aromatic rings. The number of anilines is 1. The largest absolute Gasteiger partial charge is 0.369 e. The molecule has 0 amide bonds. The molecule has 0 bridgehead atoms. The Morgan fingerprint density at radius 2 is 1.44 bits per heavy atom.